The number of fused-ring (bicyclic) bond motifs is 1. The molecule has 26 heavy (non-hydrogen) atoms. The Hall–Kier alpha value is -2.60. The molecule has 0 radical (unpaired) electrons. The Labute approximate surface area is 151 Å². The maximum absolute atomic E-state index is 12.9. The van der Waals surface area contributed by atoms with Gasteiger partial charge in [0.05, 0.1) is 35.4 Å². The summed E-state index contributed by atoms with van der Waals surface area (Å²) in [4.78, 5) is 13.2. The molecule has 9 heteroatoms. The lowest BCUT2D eigenvalue weighted by molar-refractivity contribution is -0.141. The van der Waals surface area contributed by atoms with Crippen molar-refractivity contribution in [3.05, 3.63) is 35.8 Å². The van der Waals surface area contributed by atoms with Gasteiger partial charge in [0.1, 0.15) is 11.4 Å². The van der Waals surface area contributed by atoms with Crippen LogP contribution in [0.3, 0.4) is 0 Å². The number of nitriles is 1. The first-order valence-corrected chi connectivity index (χ1v) is 8.73. The number of imidazole rings is 1. The molecule has 0 spiro atoms. The van der Waals surface area contributed by atoms with E-state index >= 15 is 0 Å². The van der Waals surface area contributed by atoms with Crippen LogP contribution in [0.4, 0.5) is 13.2 Å². The monoisotopic (exact) mass is 377 g/mol. The third-order valence-electron chi connectivity index (χ3n) is 3.75. The molecule has 3 aromatic heterocycles. The number of halogens is 3. The fourth-order valence-electron chi connectivity index (χ4n) is 2.55. The van der Waals surface area contributed by atoms with E-state index in [1.807, 2.05) is 19.1 Å². The van der Waals surface area contributed by atoms with E-state index in [9.17, 15) is 13.2 Å². The number of alkyl halides is 3. The van der Waals surface area contributed by atoms with Crippen LogP contribution in [0.5, 0.6) is 0 Å². The van der Waals surface area contributed by atoms with Gasteiger partial charge in [-0.2, -0.15) is 18.4 Å². The minimum absolute atomic E-state index is 0.147. The molecule has 134 valence electrons. The van der Waals surface area contributed by atoms with Gasteiger partial charge in [0.15, 0.2) is 5.82 Å². The molecule has 3 rings (SSSR count). The molecule has 0 saturated heterocycles. The molecule has 0 atom stereocenters. The highest BCUT2D eigenvalue weighted by molar-refractivity contribution is 7.99. The summed E-state index contributed by atoms with van der Waals surface area (Å²) in [5.41, 5.74) is 0.836. The van der Waals surface area contributed by atoms with Crippen LogP contribution >= 0.6 is 11.8 Å². The van der Waals surface area contributed by atoms with Crippen LogP contribution in [-0.4, -0.2) is 25.3 Å². The first-order valence-electron chi connectivity index (χ1n) is 7.74. The van der Waals surface area contributed by atoms with Gasteiger partial charge in [0.2, 0.25) is 0 Å². The number of thioether (sulfide) groups is 1. The minimum Gasteiger partial charge on any atom is -0.325 e. The number of aromatic nitrogens is 4. The number of rotatable bonds is 4. The van der Waals surface area contributed by atoms with Gasteiger partial charge in [-0.3, -0.25) is 0 Å². The lowest BCUT2D eigenvalue weighted by Crippen LogP contribution is -2.07. The third-order valence-corrected chi connectivity index (χ3v) is 4.67. The topological polar surface area (TPSA) is 67.4 Å². The molecule has 0 unspecified atom stereocenters. The SMILES string of the molecule is CCSc1ccc(CC#N)nc1-c1nc2cc(C(F)(F)F)ncc2n1C. The lowest BCUT2D eigenvalue weighted by Gasteiger charge is -2.09. The quantitative estimate of drug-likeness (QED) is 0.637. The zero-order valence-corrected chi connectivity index (χ0v) is 14.8. The molecule has 0 fully saturated rings. The van der Waals surface area contributed by atoms with Gasteiger partial charge < -0.3 is 4.57 Å². The van der Waals surface area contributed by atoms with Crippen molar-refractivity contribution in [2.24, 2.45) is 7.05 Å². The molecule has 0 aliphatic heterocycles. The van der Waals surface area contributed by atoms with Crippen LogP contribution in [0.25, 0.3) is 22.6 Å². The third kappa shape index (κ3) is 3.37. The number of aryl methyl sites for hydroxylation is 1. The zero-order valence-electron chi connectivity index (χ0n) is 14.0. The Kier molecular flexibility index (Phi) is 4.87. The minimum atomic E-state index is -4.53. The molecular formula is C17H14F3N5S. The van der Waals surface area contributed by atoms with Crippen LogP contribution in [0.1, 0.15) is 18.3 Å². The van der Waals surface area contributed by atoms with Crippen molar-refractivity contribution in [3.8, 4) is 17.6 Å². The van der Waals surface area contributed by atoms with E-state index in [0.717, 1.165) is 16.7 Å². The first-order chi connectivity index (χ1) is 12.3. The maximum Gasteiger partial charge on any atom is 0.433 e. The molecule has 0 aliphatic carbocycles. The largest absolute Gasteiger partial charge is 0.433 e. The van der Waals surface area contributed by atoms with Crippen molar-refractivity contribution in [3.63, 3.8) is 0 Å². The molecular weight excluding hydrogens is 363 g/mol. The Balaban J connectivity index is 2.20. The van der Waals surface area contributed by atoms with Gasteiger partial charge in [-0.1, -0.05) is 6.92 Å². The Morgan fingerprint density at radius 2 is 2.04 bits per heavy atom. The van der Waals surface area contributed by atoms with Crippen molar-refractivity contribution >= 4 is 22.8 Å². The number of nitrogens with zero attached hydrogens (tertiary/aromatic N) is 5. The Bertz CT molecular complexity index is 1000. The lowest BCUT2D eigenvalue weighted by atomic mass is 10.2. The van der Waals surface area contributed by atoms with Crippen LogP contribution in [-0.2, 0) is 19.6 Å². The summed E-state index contributed by atoms with van der Waals surface area (Å²) in [6.07, 6.45) is -3.21. The van der Waals surface area contributed by atoms with Crippen molar-refractivity contribution < 1.29 is 13.2 Å². The smallest absolute Gasteiger partial charge is 0.325 e. The van der Waals surface area contributed by atoms with Crippen LogP contribution in [0.2, 0.25) is 0 Å². The second-order valence-electron chi connectivity index (χ2n) is 5.47. The van der Waals surface area contributed by atoms with E-state index in [0.29, 0.717) is 22.7 Å². The van der Waals surface area contributed by atoms with E-state index in [1.165, 1.54) is 6.20 Å². The molecule has 5 nitrogen and oxygen atoms in total. The number of hydrogen-bond acceptors (Lipinski definition) is 5. The summed E-state index contributed by atoms with van der Waals surface area (Å²) in [5.74, 6) is 1.24. The van der Waals surface area contributed by atoms with Crippen molar-refractivity contribution in [2.75, 3.05) is 5.75 Å². The maximum atomic E-state index is 12.9. The van der Waals surface area contributed by atoms with E-state index in [1.54, 1.807) is 29.4 Å². The molecule has 0 saturated carbocycles. The fourth-order valence-corrected chi connectivity index (χ4v) is 3.30. The van der Waals surface area contributed by atoms with E-state index in [-0.39, 0.29) is 11.9 Å². The van der Waals surface area contributed by atoms with E-state index in [4.69, 9.17) is 5.26 Å². The summed E-state index contributed by atoms with van der Waals surface area (Å²) in [5, 5.41) is 8.90. The molecule has 0 N–H and O–H groups in total. The van der Waals surface area contributed by atoms with E-state index in [2.05, 4.69) is 15.0 Å². The predicted octanol–water partition coefficient (Wildman–Crippen LogP) is 4.23. The van der Waals surface area contributed by atoms with Gasteiger partial charge in [0, 0.05) is 11.9 Å². The molecule has 0 bridgehead atoms. The molecule has 0 aliphatic rings. The Morgan fingerprint density at radius 3 is 2.69 bits per heavy atom. The van der Waals surface area contributed by atoms with Crippen molar-refractivity contribution in [1.29, 1.82) is 5.26 Å². The van der Waals surface area contributed by atoms with Gasteiger partial charge >= 0.3 is 6.18 Å². The molecule has 0 amide bonds. The van der Waals surface area contributed by atoms with Crippen LogP contribution < -0.4 is 0 Å². The number of pyridine rings is 2. The highest BCUT2D eigenvalue weighted by Gasteiger charge is 2.33. The second-order valence-corrected chi connectivity index (χ2v) is 6.77. The van der Waals surface area contributed by atoms with E-state index < -0.39 is 11.9 Å². The van der Waals surface area contributed by atoms with Gasteiger partial charge in [-0.25, -0.2) is 15.0 Å². The molecule has 3 aromatic rings. The van der Waals surface area contributed by atoms with Crippen LogP contribution in [0.15, 0.2) is 29.3 Å². The summed E-state index contributed by atoms with van der Waals surface area (Å²) < 4.78 is 40.4. The number of hydrogen-bond donors (Lipinski definition) is 0. The van der Waals surface area contributed by atoms with Gasteiger partial charge in [-0.05, 0) is 24.0 Å². The average Bonchev–Trinajstić information content (AvgIpc) is 2.92. The first kappa shape index (κ1) is 18.2. The van der Waals surface area contributed by atoms with Crippen molar-refractivity contribution in [1.82, 2.24) is 19.5 Å². The van der Waals surface area contributed by atoms with Crippen LogP contribution in [0, 0.1) is 11.3 Å². The predicted molar refractivity (Wildman–Crippen MR) is 92.5 cm³/mol. The normalized spacial score (nSPS) is 11.7. The summed E-state index contributed by atoms with van der Waals surface area (Å²) in [7, 11) is 1.71. The average molecular weight is 377 g/mol. The Morgan fingerprint density at radius 1 is 1.27 bits per heavy atom. The molecule has 0 aromatic carbocycles. The summed E-state index contributed by atoms with van der Waals surface area (Å²) in [6.45, 7) is 1.99. The molecule has 3 heterocycles. The highest BCUT2D eigenvalue weighted by Crippen LogP contribution is 2.33. The summed E-state index contributed by atoms with van der Waals surface area (Å²) in [6, 6.07) is 6.62. The fraction of sp³-hybridized carbons (Fsp3) is 0.294. The van der Waals surface area contributed by atoms with Gasteiger partial charge in [0.25, 0.3) is 0 Å². The summed E-state index contributed by atoms with van der Waals surface area (Å²) >= 11 is 1.56. The standard InChI is InChI=1S/C17H14F3N5S/c1-3-26-13-5-4-10(6-7-21)23-15(13)16-24-11-8-14(17(18,19)20)22-9-12(11)25(16)2/h4-5,8-9H,3,6H2,1-2H3. The second kappa shape index (κ2) is 6.96. The highest BCUT2D eigenvalue weighted by atomic mass is 32.2. The zero-order chi connectivity index (χ0) is 18.9. The van der Waals surface area contributed by atoms with Crippen molar-refractivity contribution in [2.45, 2.75) is 24.4 Å². The van der Waals surface area contributed by atoms with Gasteiger partial charge in [-0.15, -0.1) is 11.8 Å².